The van der Waals surface area contributed by atoms with Gasteiger partial charge in [0, 0.05) is 10.7 Å². The van der Waals surface area contributed by atoms with E-state index in [2.05, 4.69) is 25.6 Å². The zero-order valence-electron chi connectivity index (χ0n) is 10.0. The molecule has 6 nitrogen and oxygen atoms in total. The molecule has 0 aliphatic heterocycles. The van der Waals surface area contributed by atoms with Crippen molar-refractivity contribution in [1.29, 1.82) is 5.26 Å². The van der Waals surface area contributed by atoms with Gasteiger partial charge >= 0.3 is 0 Å². The van der Waals surface area contributed by atoms with Gasteiger partial charge in [-0.1, -0.05) is 0 Å². The molecule has 0 saturated heterocycles. The molecule has 0 aliphatic rings. The molecule has 1 heterocycles. The van der Waals surface area contributed by atoms with Crippen LogP contribution in [0.2, 0.25) is 0 Å². The molecule has 1 aromatic heterocycles. The minimum absolute atomic E-state index is 0.0789. The topological polar surface area (TPSA) is 109 Å². The number of aromatic nitrogens is 1. The molecule has 0 aliphatic carbocycles. The number of hydrogen-bond acceptors (Lipinski definition) is 5. The van der Waals surface area contributed by atoms with Gasteiger partial charge in [-0.15, -0.1) is 0 Å². The quantitative estimate of drug-likeness (QED) is 0.878. The summed E-state index contributed by atoms with van der Waals surface area (Å²) in [4.78, 5) is 3.64. The maximum absolute atomic E-state index is 12.2. The van der Waals surface area contributed by atoms with Gasteiger partial charge in [0.2, 0.25) is 0 Å². The third-order valence-electron chi connectivity index (χ3n) is 2.43. The third kappa shape index (κ3) is 2.89. The zero-order chi connectivity index (χ0) is 14.8. The Kier molecular flexibility index (Phi) is 3.92. The number of nitrogens with two attached hydrogens (primary N) is 1. The molecular weight excluding hydrogens is 344 g/mol. The molecule has 0 fully saturated rings. The number of pyridine rings is 1. The molecule has 1 aromatic carbocycles. The molecule has 8 heteroatoms. The SMILES string of the molecule is N#Cc1ccc(NS(=O)(=O)c2cccnc2N)c(Br)c1. The Morgan fingerprint density at radius 1 is 1.35 bits per heavy atom. The minimum Gasteiger partial charge on any atom is -0.383 e. The van der Waals surface area contributed by atoms with Crippen LogP contribution in [0.3, 0.4) is 0 Å². The van der Waals surface area contributed by atoms with Crippen LogP contribution in [0.25, 0.3) is 0 Å². The van der Waals surface area contributed by atoms with E-state index in [0.29, 0.717) is 15.7 Å². The van der Waals surface area contributed by atoms with E-state index in [4.69, 9.17) is 11.0 Å². The molecule has 2 rings (SSSR count). The van der Waals surface area contributed by atoms with Gasteiger partial charge in [-0.05, 0) is 46.3 Å². The first-order valence-corrected chi connectivity index (χ1v) is 7.64. The standard InChI is InChI=1S/C12H9BrN4O2S/c13-9-6-8(7-14)3-4-10(9)17-20(18,19)11-2-1-5-16-12(11)15/h1-6,17H,(H2,15,16). The van der Waals surface area contributed by atoms with Crippen molar-refractivity contribution < 1.29 is 8.42 Å². The summed E-state index contributed by atoms with van der Waals surface area (Å²) in [5.41, 5.74) is 6.29. The van der Waals surface area contributed by atoms with Crippen molar-refractivity contribution >= 4 is 37.5 Å². The Balaban J connectivity index is 2.40. The number of anilines is 2. The van der Waals surface area contributed by atoms with Crippen molar-refractivity contribution in [3.8, 4) is 6.07 Å². The van der Waals surface area contributed by atoms with Gasteiger partial charge in [-0.2, -0.15) is 5.26 Å². The van der Waals surface area contributed by atoms with E-state index < -0.39 is 10.0 Å². The van der Waals surface area contributed by atoms with E-state index in [9.17, 15) is 8.42 Å². The summed E-state index contributed by atoms with van der Waals surface area (Å²) < 4.78 is 27.3. The van der Waals surface area contributed by atoms with Crippen LogP contribution in [0.1, 0.15) is 5.56 Å². The molecule has 0 saturated carbocycles. The van der Waals surface area contributed by atoms with Crippen molar-refractivity contribution in [1.82, 2.24) is 4.98 Å². The molecule has 2 aromatic rings. The molecule has 0 radical (unpaired) electrons. The molecule has 20 heavy (non-hydrogen) atoms. The molecule has 102 valence electrons. The molecule has 0 atom stereocenters. The summed E-state index contributed by atoms with van der Waals surface area (Å²) in [6, 6.07) is 9.33. The lowest BCUT2D eigenvalue weighted by atomic mass is 10.2. The minimum atomic E-state index is -3.84. The van der Waals surface area contributed by atoms with Crippen molar-refractivity contribution in [3.05, 3.63) is 46.6 Å². The number of hydrogen-bond donors (Lipinski definition) is 2. The Morgan fingerprint density at radius 2 is 2.10 bits per heavy atom. The van der Waals surface area contributed by atoms with Crippen molar-refractivity contribution in [2.24, 2.45) is 0 Å². The van der Waals surface area contributed by atoms with Gasteiger partial charge in [-0.25, -0.2) is 13.4 Å². The first-order valence-electron chi connectivity index (χ1n) is 5.37. The Bertz CT molecular complexity index is 799. The fourth-order valence-electron chi connectivity index (χ4n) is 1.50. The summed E-state index contributed by atoms with van der Waals surface area (Å²) >= 11 is 3.21. The van der Waals surface area contributed by atoms with Crippen molar-refractivity contribution in [2.75, 3.05) is 10.5 Å². The fourth-order valence-corrected chi connectivity index (χ4v) is 3.27. The first kappa shape index (κ1) is 14.3. The predicted molar refractivity (Wildman–Crippen MR) is 78.3 cm³/mol. The lowest BCUT2D eigenvalue weighted by Gasteiger charge is -2.10. The van der Waals surface area contributed by atoms with E-state index in [-0.39, 0.29) is 10.7 Å². The second-order valence-electron chi connectivity index (χ2n) is 3.80. The van der Waals surface area contributed by atoms with Crippen LogP contribution in [0, 0.1) is 11.3 Å². The maximum atomic E-state index is 12.2. The number of sulfonamides is 1. The van der Waals surface area contributed by atoms with Gasteiger partial charge in [0.1, 0.15) is 10.7 Å². The summed E-state index contributed by atoms with van der Waals surface area (Å²) in [6.07, 6.45) is 1.41. The molecule has 0 bridgehead atoms. The highest BCUT2D eigenvalue weighted by Crippen LogP contribution is 2.27. The number of nitrogens with one attached hydrogen (secondary N) is 1. The smallest absolute Gasteiger partial charge is 0.265 e. The van der Waals surface area contributed by atoms with E-state index in [1.807, 2.05) is 6.07 Å². The Morgan fingerprint density at radius 3 is 2.70 bits per heavy atom. The monoisotopic (exact) mass is 352 g/mol. The molecule has 0 amide bonds. The van der Waals surface area contributed by atoms with Crippen LogP contribution in [-0.2, 0) is 10.0 Å². The van der Waals surface area contributed by atoms with E-state index >= 15 is 0 Å². The summed E-state index contributed by atoms with van der Waals surface area (Å²) in [5, 5.41) is 8.77. The largest absolute Gasteiger partial charge is 0.383 e. The number of halogens is 1. The number of benzene rings is 1. The molecule has 3 N–H and O–H groups in total. The van der Waals surface area contributed by atoms with E-state index in [1.54, 1.807) is 0 Å². The van der Waals surface area contributed by atoms with Crippen LogP contribution in [-0.4, -0.2) is 13.4 Å². The zero-order valence-corrected chi connectivity index (χ0v) is 12.4. The van der Waals surface area contributed by atoms with Crippen molar-refractivity contribution in [3.63, 3.8) is 0 Å². The fraction of sp³-hybridized carbons (Fsp3) is 0. The van der Waals surface area contributed by atoms with Gasteiger partial charge in [0.05, 0.1) is 17.3 Å². The summed E-state index contributed by atoms with van der Waals surface area (Å²) in [6.45, 7) is 0. The Labute approximate surface area is 124 Å². The second-order valence-corrected chi connectivity index (χ2v) is 6.30. The van der Waals surface area contributed by atoms with Gasteiger partial charge < -0.3 is 5.73 Å². The maximum Gasteiger partial charge on any atom is 0.265 e. The van der Waals surface area contributed by atoms with Crippen LogP contribution in [0.4, 0.5) is 11.5 Å². The van der Waals surface area contributed by atoms with E-state index in [0.717, 1.165) is 0 Å². The first-order chi connectivity index (χ1) is 9.44. The average molecular weight is 353 g/mol. The van der Waals surface area contributed by atoms with Gasteiger partial charge in [-0.3, -0.25) is 4.72 Å². The molecule has 0 spiro atoms. The van der Waals surface area contributed by atoms with Gasteiger partial charge in [0.25, 0.3) is 10.0 Å². The highest BCUT2D eigenvalue weighted by molar-refractivity contribution is 9.10. The van der Waals surface area contributed by atoms with Crippen LogP contribution in [0.5, 0.6) is 0 Å². The number of rotatable bonds is 3. The van der Waals surface area contributed by atoms with Crippen LogP contribution < -0.4 is 10.5 Å². The lowest BCUT2D eigenvalue weighted by Crippen LogP contribution is -2.15. The highest BCUT2D eigenvalue weighted by atomic mass is 79.9. The summed E-state index contributed by atoms with van der Waals surface area (Å²) in [5.74, 6) is -0.0789. The number of nitrogen functional groups attached to an aromatic ring is 1. The second kappa shape index (κ2) is 5.48. The number of nitriles is 1. The third-order valence-corrected chi connectivity index (χ3v) is 4.50. The normalized spacial score (nSPS) is 10.8. The summed E-state index contributed by atoms with van der Waals surface area (Å²) in [7, 11) is -3.84. The predicted octanol–water partition coefficient (Wildman–Crippen LogP) is 2.10. The van der Waals surface area contributed by atoms with Crippen LogP contribution in [0.15, 0.2) is 45.9 Å². The van der Waals surface area contributed by atoms with Crippen LogP contribution >= 0.6 is 15.9 Å². The average Bonchev–Trinajstić information content (AvgIpc) is 2.41. The number of nitrogens with zero attached hydrogens (tertiary/aromatic N) is 2. The molecular formula is C12H9BrN4O2S. The molecule has 0 unspecified atom stereocenters. The lowest BCUT2D eigenvalue weighted by molar-refractivity contribution is 0.601. The highest BCUT2D eigenvalue weighted by Gasteiger charge is 2.19. The van der Waals surface area contributed by atoms with E-state index in [1.165, 1.54) is 36.5 Å². The van der Waals surface area contributed by atoms with Gasteiger partial charge in [0.15, 0.2) is 0 Å². The Hall–Kier alpha value is -2.11. The van der Waals surface area contributed by atoms with Crippen molar-refractivity contribution in [2.45, 2.75) is 4.90 Å².